The van der Waals surface area contributed by atoms with Gasteiger partial charge in [-0.25, -0.2) is 4.68 Å². The van der Waals surface area contributed by atoms with Gasteiger partial charge in [-0.3, -0.25) is 9.59 Å². The standard InChI is InChI=1S/C13H14N6O3/c1-18-9-5-8(3-4-10(9)22-7-13(18)21)14-12(20)6-11-15-16-17-19(11)2/h3-5H,6-7H2,1-2H3,(H,14,20). The zero-order chi connectivity index (χ0) is 15.7. The molecule has 2 amide bonds. The Morgan fingerprint density at radius 3 is 2.95 bits per heavy atom. The van der Waals surface area contributed by atoms with Crippen molar-refractivity contribution in [1.29, 1.82) is 0 Å². The van der Waals surface area contributed by atoms with Gasteiger partial charge in [0.05, 0.1) is 12.1 Å². The molecule has 1 aliphatic rings. The van der Waals surface area contributed by atoms with E-state index in [0.29, 0.717) is 22.9 Å². The van der Waals surface area contributed by atoms with Gasteiger partial charge in [-0.2, -0.15) is 0 Å². The fraction of sp³-hybridized carbons (Fsp3) is 0.308. The largest absolute Gasteiger partial charge is 0.482 e. The number of aryl methyl sites for hydroxylation is 1. The van der Waals surface area contributed by atoms with Gasteiger partial charge in [0, 0.05) is 19.8 Å². The molecule has 0 fully saturated rings. The van der Waals surface area contributed by atoms with Crippen molar-refractivity contribution >= 4 is 23.2 Å². The molecular weight excluding hydrogens is 288 g/mol. The predicted octanol–water partition coefficient (Wildman–Crippen LogP) is -0.254. The summed E-state index contributed by atoms with van der Waals surface area (Å²) in [7, 11) is 3.33. The van der Waals surface area contributed by atoms with Crippen molar-refractivity contribution in [1.82, 2.24) is 20.2 Å². The minimum atomic E-state index is -0.247. The Kier molecular flexibility index (Phi) is 3.45. The van der Waals surface area contributed by atoms with Crippen molar-refractivity contribution in [3.63, 3.8) is 0 Å². The molecule has 0 saturated heterocycles. The van der Waals surface area contributed by atoms with Crippen LogP contribution in [0.5, 0.6) is 5.75 Å². The van der Waals surface area contributed by atoms with Gasteiger partial charge in [-0.05, 0) is 28.6 Å². The third-order valence-corrected chi connectivity index (χ3v) is 3.36. The minimum Gasteiger partial charge on any atom is -0.482 e. The van der Waals surface area contributed by atoms with Gasteiger partial charge in [0.2, 0.25) is 5.91 Å². The number of ether oxygens (including phenoxy) is 1. The molecule has 1 aliphatic heterocycles. The monoisotopic (exact) mass is 302 g/mol. The first-order valence-corrected chi connectivity index (χ1v) is 6.59. The van der Waals surface area contributed by atoms with Crippen molar-refractivity contribution in [2.45, 2.75) is 6.42 Å². The van der Waals surface area contributed by atoms with Crippen molar-refractivity contribution in [2.75, 3.05) is 23.9 Å². The highest BCUT2D eigenvalue weighted by Gasteiger charge is 2.22. The number of nitrogens with one attached hydrogen (secondary N) is 1. The SMILES string of the molecule is CN1C(=O)COc2ccc(NC(=O)Cc3nnnn3C)cc21. The third-order valence-electron chi connectivity index (χ3n) is 3.36. The Morgan fingerprint density at radius 2 is 2.23 bits per heavy atom. The Bertz CT molecular complexity index is 741. The van der Waals surface area contributed by atoms with E-state index in [-0.39, 0.29) is 24.8 Å². The van der Waals surface area contributed by atoms with Crippen LogP contribution in [0.4, 0.5) is 11.4 Å². The number of likely N-dealkylation sites (N-methyl/N-ethyl adjacent to an activating group) is 1. The van der Waals surface area contributed by atoms with Gasteiger partial charge in [-0.15, -0.1) is 5.10 Å². The molecule has 0 unspecified atom stereocenters. The first-order chi connectivity index (χ1) is 10.5. The van der Waals surface area contributed by atoms with Crippen molar-refractivity contribution in [3.05, 3.63) is 24.0 Å². The molecule has 1 aromatic heterocycles. The van der Waals surface area contributed by atoms with Crippen molar-refractivity contribution < 1.29 is 14.3 Å². The molecule has 0 saturated carbocycles. The number of hydrogen-bond acceptors (Lipinski definition) is 6. The maximum absolute atomic E-state index is 12.0. The van der Waals surface area contributed by atoms with Crippen LogP contribution in [0.2, 0.25) is 0 Å². The van der Waals surface area contributed by atoms with Crippen molar-refractivity contribution in [3.8, 4) is 5.75 Å². The molecule has 2 aromatic rings. The number of amides is 2. The normalized spacial score (nSPS) is 13.5. The average Bonchev–Trinajstić information content (AvgIpc) is 2.88. The number of nitrogens with zero attached hydrogens (tertiary/aromatic N) is 5. The van der Waals surface area contributed by atoms with E-state index in [9.17, 15) is 9.59 Å². The summed E-state index contributed by atoms with van der Waals surface area (Å²) in [6.45, 7) is 0.0222. The summed E-state index contributed by atoms with van der Waals surface area (Å²) in [5, 5.41) is 13.7. The Balaban J connectivity index is 1.75. The number of carbonyl (C=O) groups is 2. The first kappa shape index (κ1) is 14.0. The van der Waals surface area contributed by atoms with E-state index < -0.39 is 0 Å². The second-order valence-electron chi connectivity index (χ2n) is 4.87. The number of tetrazole rings is 1. The molecule has 0 aliphatic carbocycles. The van der Waals surface area contributed by atoms with E-state index in [1.807, 2.05) is 0 Å². The molecule has 22 heavy (non-hydrogen) atoms. The summed E-state index contributed by atoms with van der Waals surface area (Å²) in [6, 6.07) is 5.13. The lowest BCUT2D eigenvalue weighted by Gasteiger charge is -2.26. The summed E-state index contributed by atoms with van der Waals surface area (Å²) in [4.78, 5) is 25.1. The van der Waals surface area contributed by atoms with E-state index in [2.05, 4.69) is 20.8 Å². The number of fused-ring (bicyclic) bond motifs is 1. The van der Waals surface area contributed by atoms with Crippen LogP contribution < -0.4 is 15.0 Å². The summed E-state index contributed by atoms with van der Waals surface area (Å²) >= 11 is 0. The highest BCUT2D eigenvalue weighted by atomic mass is 16.5. The molecule has 0 atom stereocenters. The van der Waals surface area contributed by atoms with Crippen LogP contribution >= 0.6 is 0 Å². The van der Waals surface area contributed by atoms with E-state index in [1.165, 1.54) is 9.58 Å². The Labute approximate surface area is 125 Å². The predicted molar refractivity (Wildman–Crippen MR) is 76.5 cm³/mol. The molecule has 3 rings (SSSR count). The van der Waals surface area contributed by atoms with Crippen LogP contribution in [-0.4, -0.2) is 45.7 Å². The molecule has 0 bridgehead atoms. The average molecular weight is 302 g/mol. The molecule has 0 spiro atoms. The van der Waals surface area contributed by atoms with Crippen LogP contribution in [0.15, 0.2) is 18.2 Å². The molecule has 1 N–H and O–H groups in total. The van der Waals surface area contributed by atoms with E-state index in [1.54, 1.807) is 32.3 Å². The van der Waals surface area contributed by atoms with Crippen LogP contribution in [0.25, 0.3) is 0 Å². The topological polar surface area (TPSA) is 102 Å². The van der Waals surface area contributed by atoms with Gasteiger partial charge in [0.25, 0.3) is 5.91 Å². The number of benzene rings is 1. The number of carbonyl (C=O) groups excluding carboxylic acids is 2. The molecule has 1 aromatic carbocycles. The quantitative estimate of drug-likeness (QED) is 0.838. The highest BCUT2D eigenvalue weighted by molar-refractivity contribution is 5.99. The molecule has 0 radical (unpaired) electrons. The first-order valence-electron chi connectivity index (χ1n) is 6.59. The van der Waals surface area contributed by atoms with E-state index in [0.717, 1.165) is 0 Å². The van der Waals surface area contributed by atoms with Gasteiger partial charge in [0.15, 0.2) is 12.4 Å². The second-order valence-corrected chi connectivity index (χ2v) is 4.87. The zero-order valence-corrected chi connectivity index (χ0v) is 12.1. The second kappa shape index (κ2) is 5.43. The summed E-state index contributed by atoms with van der Waals surface area (Å²) in [5.41, 5.74) is 1.19. The third kappa shape index (κ3) is 2.60. The lowest BCUT2D eigenvalue weighted by Crippen LogP contribution is -2.35. The number of aromatic nitrogens is 4. The van der Waals surface area contributed by atoms with Crippen LogP contribution in [0.3, 0.4) is 0 Å². The summed E-state index contributed by atoms with van der Waals surface area (Å²) in [6.07, 6.45) is 0.0614. The van der Waals surface area contributed by atoms with Crippen LogP contribution in [0.1, 0.15) is 5.82 Å². The Morgan fingerprint density at radius 1 is 1.41 bits per heavy atom. The molecular formula is C13H14N6O3. The smallest absolute Gasteiger partial charge is 0.264 e. The molecule has 2 heterocycles. The van der Waals surface area contributed by atoms with Crippen LogP contribution in [0, 0.1) is 0 Å². The maximum atomic E-state index is 12.0. The fourth-order valence-corrected chi connectivity index (χ4v) is 2.10. The number of anilines is 2. The highest BCUT2D eigenvalue weighted by Crippen LogP contribution is 2.33. The lowest BCUT2D eigenvalue weighted by atomic mass is 10.2. The molecule has 114 valence electrons. The molecule has 9 nitrogen and oxygen atoms in total. The van der Waals surface area contributed by atoms with E-state index >= 15 is 0 Å². The number of rotatable bonds is 3. The summed E-state index contributed by atoms with van der Waals surface area (Å²) in [5.74, 6) is 0.688. The van der Waals surface area contributed by atoms with Gasteiger partial charge in [0.1, 0.15) is 5.75 Å². The lowest BCUT2D eigenvalue weighted by molar-refractivity contribution is -0.121. The van der Waals surface area contributed by atoms with Gasteiger partial charge >= 0.3 is 0 Å². The van der Waals surface area contributed by atoms with E-state index in [4.69, 9.17) is 4.74 Å². The van der Waals surface area contributed by atoms with Crippen LogP contribution in [-0.2, 0) is 23.1 Å². The number of hydrogen-bond donors (Lipinski definition) is 1. The van der Waals surface area contributed by atoms with Gasteiger partial charge in [-0.1, -0.05) is 0 Å². The minimum absolute atomic E-state index is 0.0222. The fourth-order valence-electron chi connectivity index (χ4n) is 2.10. The Hall–Kier alpha value is -2.97. The van der Waals surface area contributed by atoms with Crippen molar-refractivity contribution in [2.24, 2.45) is 7.05 Å². The summed E-state index contributed by atoms with van der Waals surface area (Å²) < 4.78 is 6.77. The zero-order valence-electron chi connectivity index (χ0n) is 12.1. The maximum Gasteiger partial charge on any atom is 0.264 e. The van der Waals surface area contributed by atoms with Gasteiger partial charge < -0.3 is 15.0 Å². The molecule has 9 heteroatoms.